The molecule has 0 aliphatic carbocycles. The van der Waals surface area contributed by atoms with Gasteiger partial charge in [0.2, 0.25) is 0 Å². The molecule has 5 rings (SSSR count). The highest BCUT2D eigenvalue weighted by molar-refractivity contribution is 6.08. The van der Waals surface area contributed by atoms with E-state index >= 15 is 0 Å². The molecule has 1 fully saturated rings. The van der Waals surface area contributed by atoms with E-state index in [0.717, 1.165) is 11.1 Å². The minimum absolute atomic E-state index is 0.0343. The summed E-state index contributed by atoms with van der Waals surface area (Å²) in [5.41, 5.74) is 2.23. The van der Waals surface area contributed by atoms with Gasteiger partial charge in [0.05, 0.1) is 6.54 Å². The molecule has 31 heavy (non-hydrogen) atoms. The topological polar surface area (TPSA) is 112 Å². The Hall–Kier alpha value is -4.20. The summed E-state index contributed by atoms with van der Waals surface area (Å²) in [5, 5.41) is 14.7. The van der Waals surface area contributed by atoms with Gasteiger partial charge in [0.15, 0.2) is 5.54 Å². The fourth-order valence-electron chi connectivity index (χ4n) is 4.17. The Kier molecular flexibility index (Phi) is 4.21. The monoisotopic (exact) mass is 414 g/mol. The Bertz CT molecular complexity index is 1210. The van der Waals surface area contributed by atoms with Crippen LogP contribution in [0.4, 0.5) is 4.79 Å². The SMILES string of the molecule is O=C1NC(=O)[C@](CN2Cc3cc(O)ccc3C2=O)(c2ccc(-c3ccncc3)cc2)N1. The predicted molar refractivity (Wildman–Crippen MR) is 111 cm³/mol. The van der Waals surface area contributed by atoms with E-state index in [9.17, 15) is 19.5 Å². The number of carbonyl (C=O) groups excluding carboxylic acids is 3. The summed E-state index contributed by atoms with van der Waals surface area (Å²) in [6.07, 6.45) is 3.40. The molecule has 2 aromatic carbocycles. The summed E-state index contributed by atoms with van der Waals surface area (Å²) >= 11 is 0. The van der Waals surface area contributed by atoms with Crippen LogP contribution < -0.4 is 10.6 Å². The maximum Gasteiger partial charge on any atom is 0.322 e. The van der Waals surface area contributed by atoms with Crippen LogP contribution in [0, 0.1) is 0 Å². The third kappa shape index (κ3) is 3.09. The highest BCUT2D eigenvalue weighted by atomic mass is 16.3. The van der Waals surface area contributed by atoms with Crippen molar-refractivity contribution in [3.8, 4) is 16.9 Å². The fourth-order valence-corrected chi connectivity index (χ4v) is 4.17. The van der Waals surface area contributed by atoms with E-state index in [1.807, 2.05) is 24.3 Å². The highest BCUT2D eigenvalue weighted by Crippen LogP contribution is 2.33. The molecule has 8 heteroatoms. The lowest BCUT2D eigenvalue weighted by Gasteiger charge is -2.31. The Labute approximate surface area is 177 Å². The largest absolute Gasteiger partial charge is 0.508 e. The predicted octanol–water partition coefficient (Wildman–Crippen LogP) is 2.14. The van der Waals surface area contributed by atoms with Gasteiger partial charge in [0, 0.05) is 24.5 Å². The standard InChI is InChI=1S/C23H18N4O4/c28-18-5-6-19-16(11-18)12-27(20(19)29)13-23(21(30)25-22(31)26-23)17-3-1-14(2-4-17)15-7-9-24-10-8-15/h1-11,28H,12-13H2,(H2,25,26,30,31)/t23-/m0/s1. The number of urea groups is 1. The van der Waals surface area contributed by atoms with Crippen LogP contribution in [0.15, 0.2) is 67.0 Å². The molecular weight excluding hydrogens is 396 g/mol. The quantitative estimate of drug-likeness (QED) is 0.567. The molecule has 2 aliphatic heterocycles. The van der Waals surface area contributed by atoms with Crippen molar-refractivity contribution in [1.82, 2.24) is 20.5 Å². The van der Waals surface area contributed by atoms with E-state index in [2.05, 4.69) is 15.6 Å². The van der Waals surface area contributed by atoms with E-state index in [1.54, 1.807) is 30.6 Å². The van der Waals surface area contributed by atoms with Gasteiger partial charge < -0.3 is 15.3 Å². The first-order chi connectivity index (χ1) is 15.0. The minimum Gasteiger partial charge on any atom is -0.508 e. The van der Waals surface area contributed by atoms with Crippen LogP contribution in [0.1, 0.15) is 21.5 Å². The molecule has 3 N–H and O–H groups in total. The van der Waals surface area contributed by atoms with Crippen LogP contribution in [-0.4, -0.2) is 39.4 Å². The molecule has 0 unspecified atom stereocenters. The molecule has 1 aromatic heterocycles. The third-order valence-corrected chi connectivity index (χ3v) is 5.73. The van der Waals surface area contributed by atoms with Crippen LogP contribution in [0.25, 0.3) is 11.1 Å². The highest BCUT2D eigenvalue weighted by Gasteiger charge is 2.50. The van der Waals surface area contributed by atoms with Gasteiger partial charge in [-0.3, -0.25) is 19.9 Å². The van der Waals surface area contributed by atoms with Gasteiger partial charge in [-0.1, -0.05) is 24.3 Å². The number of benzene rings is 2. The van der Waals surface area contributed by atoms with E-state index in [-0.39, 0.29) is 24.7 Å². The zero-order valence-corrected chi connectivity index (χ0v) is 16.3. The van der Waals surface area contributed by atoms with Crippen LogP contribution >= 0.6 is 0 Å². The first kappa shape index (κ1) is 18.8. The minimum atomic E-state index is -1.41. The number of imide groups is 1. The summed E-state index contributed by atoms with van der Waals surface area (Å²) in [6.45, 7) is 0.204. The molecule has 0 spiro atoms. The number of fused-ring (bicyclic) bond motifs is 1. The molecule has 3 aromatic rings. The van der Waals surface area contributed by atoms with Crippen molar-refractivity contribution in [2.75, 3.05) is 6.54 Å². The van der Waals surface area contributed by atoms with Gasteiger partial charge in [-0.05, 0) is 52.6 Å². The Morgan fingerprint density at radius 3 is 2.35 bits per heavy atom. The summed E-state index contributed by atoms with van der Waals surface area (Å²) in [5.74, 6) is -0.695. The number of pyridine rings is 1. The molecule has 0 radical (unpaired) electrons. The van der Waals surface area contributed by atoms with E-state index in [4.69, 9.17) is 0 Å². The Balaban J connectivity index is 1.49. The number of nitrogens with one attached hydrogen (secondary N) is 2. The van der Waals surface area contributed by atoms with Gasteiger partial charge in [-0.2, -0.15) is 0 Å². The second kappa shape index (κ2) is 6.94. The molecule has 0 saturated carbocycles. The molecular formula is C23H18N4O4. The maximum absolute atomic E-state index is 12.9. The number of phenols is 1. The van der Waals surface area contributed by atoms with Gasteiger partial charge in [0.1, 0.15) is 5.75 Å². The molecule has 0 bridgehead atoms. The molecule has 1 saturated heterocycles. The normalized spacial score (nSPS) is 19.9. The smallest absolute Gasteiger partial charge is 0.322 e. The van der Waals surface area contributed by atoms with Crippen LogP contribution in [0.5, 0.6) is 5.75 Å². The first-order valence-corrected chi connectivity index (χ1v) is 9.72. The number of phenolic OH excluding ortho intramolecular Hbond substituents is 1. The number of nitrogens with zero attached hydrogens (tertiary/aromatic N) is 2. The van der Waals surface area contributed by atoms with Crippen LogP contribution in [0.3, 0.4) is 0 Å². The van der Waals surface area contributed by atoms with Gasteiger partial charge in [0.25, 0.3) is 11.8 Å². The lowest BCUT2D eigenvalue weighted by Crippen LogP contribution is -2.52. The molecule has 4 amide bonds. The van der Waals surface area contributed by atoms with Crippen molar-refractivity contribution < 1.29 is 19.5 Å². The average Bonchev–Trinajstić information content (AvgIpc) is 3.24. The van der Waals surface area contributed by atoms with Crippen molar-refractivity contribution in [2.24, 2.45) is 0 Å². The Morgan fingerprint density at radius 2 is 1.68 bits per heavy atom. The zero-order valence-electron chi connectivity index (χ0n) is 16.3. The van der Waals surface area contributed by atoms with Gasteiger partial charge >= 0.3 is 6.03 Å². The average molecular weight is 414 g/mol. The van der Waals surface area contributed by atoms with Crippen LogP contribution in [0.2, 0.25) is 0 Å². The number of aromatic nitrogens is 1. The summed E-state index contributed by atoms with van der Waals surface area (Å²) in [4.78, 5) is 43.4. The number of hydrogen-bond donors (Lipinski definition) is 3. The van der Waals surface area contributed by atoms with Gasteiger partial charge in [-0.25, -0.2) is 4.79 Å². The number of carbonyl (C=O) groups is 3. The van der Waals surface area contributed by atoms with Crippen LogP contribution in [-0.2, 0) is 16.9 Å². The number of rotatable bonds is 4. The second-order valence-corrected chi connectivity index (χ2v) is 7.63. The molecule has 2 aliphatic rings. The summed E-state index contributed by atoms with van der Waals surface area (Å²) in [6, 6.07) is 15.0. The Morgan fingerprint density at radius 1 is 0.968 bits per heavy atom. The van der Waals surface area contributed by atoms with E-state index < -0.39 is 17.5 Å². The molecule has 154 valence electrons. The number of aromatic hydroxyl groups is 1. The first-order valence-electron chi connectivity index (χ1n) is 9.72. The molecule has 3 heterocycles. The summed E-state index contributed by atoms with van der Waals surface area (Å²) < 4.78 is 0. The fraction of sp³-hybridized carbons (Fsp3) is 0.130. The zero-order chi connectivity index (χ0) is 21.6. The van der Waals surface area contributed by atoms with Crippen molar-refractivity contribution in [2.45, 2.75) is 12.1 Å². The molecule has 8 nitrogen and oxygen atoms in total. The second-order valence-electron chi connectivity index (χ2n) is 7.63. The maximum atomic E-state index is 12.9. The van der Waals surface area contributed by atoms with Crippen molar-refractivity contribution in [3.05, 3.63) is 83.7 Å². The molecule has 1 atom stereocenters. The number of amides is 4. The third-order valence-electron chi connectivity index (χ3n) is 5.73. The van der Waals surface area contributed by atoms with Crippen molar-refractivity contribution in [1.29, 1.82) is 0 Å². The number of hydrogen-bond acceptors (Lipinski definition) is 5. The lowest BCUT2D eigenvalue weighted by molar-refractivity contribution is -0.124. The van der Waals surface area contributed by atoms with Crippen molar-refractivity contribution >= 4 is 17.8 Å². The van der Waals surface area contributed by atoms with E-state index in [0.29, 0.717) is 16.7 Å². The van der Waals surface area contributed by atoms with E-state index in [1.165, 1.54) is 17.0 Å². The van der Waals surface area contributed by atoms with Crippen molar-refractivity contribution in [3.63, 3.8) is 0 Å². The summed E-state index contributed by atoms with van der Waals surface area (Å²) in [7, 11) is 0. The van der Waals surface area contributed by atoms with Gasteiger partial charge in [-0.15, -0.1) is 0 Å². The lowest BCUT2D eigenvalue weighted by atomic mass is 9.88.